The Kier molecular flexibility index (Phi) is 8.30. The van der Waals surface area contributed by atoms with Crippen LogP contribution in [-0.4, -0.2) is 38.0 Å². The molecule has 5 heteroatoms. The van der Waals surface area contributed by atoms with Gasteiger partial charge >= 0.3 is 0 Å². The Morgan fingerprint density at radius 2 is 1.71 bits per heavy atom. The maximum atomic E-state index is 11.5. The fourth-order valence-corrected chi connectivity index (χ4v) is 2.17. The minimum Gasteiger partial charge on any atom is -0.357 e. The highest BCUT2D eigenvalue weighted by Gasteiger charge is 2.20. The lowest BCUT2D eigenvalue weighted by molar-refractivity contribution is -0.123. The van der Waals surface area contributed by atoms with Crippen molar-refractivity contribution in [2.45, 2.75) is 40.0 Å². The van der Waals surface area contributed by atoms with E-state index in [-0.39, 0.29) is 17.2 Å². The molecule has 0 aliphatic carbocycles. The van der Waals surface area contributed by atoms with Crippen LogP contribution in [0.2, 0.25) is 0 Å². The molecule has 0 saturated carbocycles. The molecule has 1 aromatic carbocycles. The molecule has 5 nitrogen and oxygen atoms in total. The molecule has 0 aliphatic rings. The molecular formula is C19H32N4O. The van der Waals surface area contributed by atoms with Gasteiger partial charge in [0.25, 0.3) is 0 Å². The predicted molar refractivity (Wildman–Crippen MR) is 101 cm³/mol. The first-order valence-electron chi connectivity index (χ1n) is 8.72. The molecule has 0 heterocycles. The van der Waals surface area contributed by atoms with E-state index in [4.69, 9.17) is 4.99 Å². The smallest absolute Gasteiger partial charge is 0.222 e. The highest BCUT2D eigenvalue weighted by Crippen LogP contribution is 2.22. The predicted octanol–water partition coefficient (Wildman–Crippen LogP) is 2.29. The number of rotatable bonds is 8. The highest BCUT2D eigenvalue weighted by molar-refractivity contribution is 5.80. The summed E-state index contributed by atoms with van der Waals surface area (Å²) in [4.78, 5) is 16.2. The first-order chi connectivity index (χ1) is 11.4. The summed E-state index contributed by atoms with van der Waals surface area (Å²) in [5, 5.41) is 9.40. The van der Waals surface area contributed by atoms with Crippen LogP contribution in [0.4, 0.5) is 0 Å². The summed E-state index contributed by atoms with van der Waals surface area (Å²) in [5.41, 5.74) is 1.24. The number of hydrogen-bond acceptors (Lipinski definition) is 2. The number of hydrogen-bond donors (Lipinski definition) is 3. The molecule has 0 saturated heterocycles. The van der Waals surface area contributed by atoms with Gasteiger partial charge in [-0.05, 0) is 12.5 Å². The Morgan fingerprint density at radius 3 is 2.29 bits per heavy atom. The summed E-state index contributed by atoms with van der Waals surface area (Å²) in [6.07, 6.45) is 0. The third kappa shape index (κ3) is 7.02. The zero-order chi connectivity index (χ0) is 18.0. The maximum absolute atomic E-state index is 11.5. The molecule has 0 aliphatic heterocycles. The zero-order valence-corrected chi connectivity index (χ0v) is 15.6. The normalized spacial score (nSPS) is 12.2. The Balaban J connectivity index is 2.54. The highest BCUT2D eigenvalue weighted by atomic mass is 16.1. The van der Waals surface area contributed by atoms with E-state index >= 15 is 0 Å². The van der Waals surface area contributed by atoms with Crippen molar-refractivity contribution < 1.29 is 4.79 Å². The summed E-state index contributed by atoms with van der Waals surface area (Å²) in [6, 6.07) is 10.4. The monoisotopic (exact) mass is 332 g/mol. The summed E-state index contributed by atoms with van der Waals surface area (Å²) < 4.78 is 0. The molecule has 24 heavy (non-hydrogen) atoms. The molecule has 1 aromatic rings. The Hall–Kier alpha value is -2.04. The molecule has 134 valence electrons. The second-order valence-electron chi connectivity index (χ2n) is 6.82. The number of benzene rings is 1. The van der Waals surface area contributed by atoms with E-state index in [1.165, 1.54) is 5.56 Å². The first kappa shape index (κ1) is 20.0. The molecular weight excluding hydrogens is 300 g/mol. The number of nitrogens with one attached hydrogen (secondary N) is 3. The topological polar surface area (TPSA) is 65.5 Å². The molecule has 1 rings (SSSR count). The minimum atomic E-state index is -0.0323. The SMILES string of the molecule is CCNC(=NCC(C)(C)c1ccccc1)NCCNC(=O)C(C)C. The van der Waals surface area contributed by atoms with E-state index < -0.39 is 0 Å². The van der Waals surface area contributed by atoms with Crippen molar-refractivity contribution >= 4 is 11.9 Å². The van der Waals surface area contributed by atoms with Gasteiger partial charge in [-0.3, -0.25) is 9.79 Å². The summed E-state index contributed by atoms with van der Waals surface area (Å²) in [7, 11) is 0. The van der Waals surface area contributed by atoms with Crippen LogP contribution in [0.5, 0.6) is 0 Å². The van der Waals surface area contributed by atoms with E-state index in [2.05, 4.69) is 54.1 Å². The van der Waals surface area contributed by atoms with E-state index in [1.807, 2.05) is 26.8 Å². The average molecular weight is 332 g/mol. The van der Waals surface area contributed by atoms with Gasteiger partial charge in [0.1, 0.15) is 0 Å². The van der Waals surface area contributed by atoms with E-state index in [9.17, 15) is 4.79 Å². The second kappa shape index (κ2) is 9.96. The van der Waals surface area contributed by atoms with Gasteiger partial charge in [-0.2, -0.15) is 0 Å². The van der Waals surface area contributed by atoms with Crippen LogP contribution in [0.25, 0.3) is 0 Å². The van der Waals surface area contributed by atoms with Crippen molar-refractivity contribution in [1.82, 2.24) is 16.0 Å². The van der Waals surface area contributed by atoms with Crippen LogP contribution < -0.4 is 16.0 Å². The van der Waals surface area contributed by atoms with Crippen LogP contribution in [0.3, 0.4) is 0 Å². The van der Waals surface area contributed by atoms with E-state index in [1.54, 1.807) is 0 Å². The molecule has 0 bridgehead atoms. The van der Waals surface area contributed by atoms with Gasteiger partial charge in [0.05, 0.1) is 6.54 Å². The molecule has 0 fully saturated rings. The van der Waals surface area contributed by atoms with Crippen LogP contribution in [0.15, 0.2) is 35.3 Å². The quantitative estimate of drug-likeness (QED) is 0.389. The third-order valence-corrected chi connectivity index (χ3v) is 3.77. The Morgan fingerprint density at radius 1 is 1.08 bits per heavy atom. The van der Waals surface area contributed by atoms with Crippen molar-refractivity contribution in [2.75, 3.05) is 26.2 Å². The second-order valence-corrected chi connectivity index (χ2v) is 6.82. The lowest BCUT2D eigenvalue weighted by atomic mass is 9.85. The first-order valence-corrected chi connectivity index (χ1v) is 8.72. The average Bonchev–Trinajstić information content (AvgIpc) is 2.56. The molecule has 0 spiro atoms. The third-order valence-electron chi connectivity index (χ3n) is 3.77. The fraction of sp³-hybridized carbons (Fsp3) is 0.579. The lowest BCUT2D eigenvalue weighted by Gasteiger charge is -2.24. The van der Waals surface area contributed by atoms with Crippen LogP contribution in [0.1, 0.15) is 40.2 Å². The Labute approximate surface area is 146 Å². The maximum Gasteiger partial charge on any atom is 0.222 e. The number of amides is 1. The number of carbonyl (C=O) groups is 1. The lowest BCUT2D eigenvalue weighted by Crippen LogP contribution is -2.42. The van der Waals surface area contributed by atoms with Gasteiger partial charge in [-0.15, -0.1) is 0 Å². The van der Waals surface area contributed by atoms with Crippen molar-refractivity contribution in [3.63, 3.8) is 0 Å². The molecule has 0 atom stereocenters. The van der Waals surface area contributed by atoms with Gasteiger partial charge in [-0.1, -0.05) is 58.0 Å². The van der Waals surface area contributed by atoms with Gasteiger partial charge in [0.15, 0.2) is 5.96 Å². The van der Waals surface area contributed by atoms with Crippen molar-refractivity contribution in [2.24, 2.45) is 10.9 Å². The largest absolute Gasteiger partial charge is 0.357 e. The Bertz CT molecular complexity index is 523. The van der Waals surface area contributed by atoms with Crippen LogP contribution in [0, 0.1) is 5.92 Å². The molecule has 0 aromatic heterocycles. The zero-order valence-electron chi connectivity index (χ0n) is 15.6. The standard InChI is InChI=1S/C19H32N4O/c1-6-20-18(22-13-12-21-17(24)15(2)3)23-14-19(4,5)16-10-8-7-9-11-16/h7-11,15H,6,12-14H2,1-5H3,(H,21,24)(H2,20,22,23). The van der Waals surface area contributed by atoms with Gasteiger partial charge in [0.2, 0.25) is 5.91 Å². The number of guanidine groups is 1. The minimum absolute atomic E-state index is 0.0126. The summed E-state index contributed by atoms with van der Waals surface area (Å²) in [6.45, 7) is 12.9. The van der Waals surface area contributed by atoms with Crippen molar-refractivity contribution in [3.05, 3.63) is 35.9 Å². The molecule has 1 amide bonds. The molecule has 0 radical (unpaired) electrons. The summed E-state index contributed by atoms with van der Waals surface area (Å²) in [5.74, 6) is 0.864. The number of aliphatic imine (C=N–C) groups is 1. The van der Waals surface area contributed by atoms with Crippen LogP contribution >= 0.6 is 0 Å². The van der Waals surface area contributed by atoms with Crippen LogP contribution in [-0.2, 0) is 10.2 Å². The summed E-state index contributed by atoms with van der Waals surface area (Å²) >= 11 is 0. The van der Waals surface area contributed by atoms with Crippen molar-refractivity contribution in [1.29, 1.82) is 0 Å². The molecule has 3 N–H and O–H groups in total. The van der Waals surface area contributed by atoms with E-state index in [0.29, 0.717) is 19.6 Å². The van der Waals surface area contributed by atoms with Gasteiger partial charge < -0.3 is 16.0 Å². The number of nitrogens with zero attached hydrogens (tertiary/aromatic N) is 1. The molecule has 0 unspecified atom stereocenters. The van der Waals surface area contributed by atoms with Gasteiger partial charge in [-0.25, -0.2) is 0 Å². The van der Waals surface area contributed by atoms with Crippen molar-refractivity contribution in [3.8, 4) is 0 Å². The number of carbonyl (C=O) groups excluding carboxylic acids is 1. The van der Waals surface area contributed by atoms with E-state index in [0.717, 1.165) is 12.5 Å². The fourth-order valence-electron chi connectivity index (χ4n) is 2.17. The van der Waals surface area contributed by atoms with Gasteiger partial charge in [0, 0.05) is 31.0 Å².